The summed E-state index contributed by atoms with van der Waals surface area (Å²) in [7, 11) is 0. The molecule has 10 nitrogen and oxygen atoms in total. The summed E-state index contributed by atoms with van der Waals surface area (Å²) in [6, 6.07) is 8.49. The number of carbonyl (C=O) groups is 3. The average Bonchev–Trinajstić information content (AvgIpc) is 3.50. The van der Waals surface area contributed by atoms with Gasteiger partial charge in [0.05, 0.1) is 13.2 Å². The number of hydrogen-bond acceptors (Lipinski definition) is 8. The number of amides is 2. The first-order chi connectivity index (χ1) is 17.9. The maximum absolute atomic E-state index is 13.5. The van der Waals surface area contributed by atoms with Gasteiger partial charge >= 0.3 is 5.97 Å². The van der Waals surface area contributed by atoms with Crippen molar-refractivity contribution in [2.75, 3.05) is 38.1 Å². The number of esters is 1. The van der Waals surface area contributed by atoms with E-state index < -0.39 is 12.0 Å². The standard InChI is InChI=1S/C27H33N5O5/c1-3-36-27(35)21(16-28)25(29-20-9-10-23-19(15-20)14-18(2)37-23)30-22-8-4-5-13-32(26(22)34)17-24(33)31-11-6-7-12-31/h9-10,14-15,22,29-30H,3-8,11-13,17H2,1-2H3/t22-/m0/s1. The molecule has 0 spiro atoms. The van der Waals surface area contributed by atoms with Crippen LogP contribution in [-0.2, 0) is 19.1 Å². The van der Waals surface area contributed by atoms with Crippen LogP contribution in [0.3, 0.4) is 0 Å². The smallest absolute Gasteiger partial charge is 0.352 e. The van der Waals surface area contributed by atoms with Gasteiger partial charge < -0.3 is 29.6 Å². The highest BCUT2D eigenvalue weighted by molar-refractivity contribution is 5.95. The minimum Gasteiger partial charge on any atom is -0.462 e. The number of hydrogen-bond donors (Lipinski definition) is 2. The molecule has 10 heteroatoms. The van der Waals surface area contributed by atoms with E-state index in [9.17, 15) is 19.6 Å². The molecule has 2 N–H and O–H groups in total. The quantitative estimate of drug-likeness (QED) is 0.317. The SMILES string of the molecule is CCOC(=O)C(C#N)=C(Nc1ccc2oc(C)cc2c1)N[C@H]1CCCCN(CC(=O)N2CCCC2)C1=O. The molecule has 2 saturated heterocycles. The molecule has 37 heavy (non-hydrogen) atoms. The first-order valence-electron chi connectivity index (χ1n) is 12.8. The van der Waals surface area contributed by atoms with Crippen molar-refractivity contribution in [2.24, 2.45) is 0 Å². The summed E-state index contributed by atoms with van der Waals surface area (Å²) in [5.41, 5.74) is 1.06. The van der Waals surface area contributed by atoms with Crippen LogP contribution in [0, 0.1) is 18.3 Å². The minimum atomic E-state index is -0.789. The highest BCUT2D eigenvalue weighted by atomic mass is 16.5. The monoisotopic (exact) mass is 507 g/mol. The number of anilines is 1. The van der Waals surface area contributed by atoms with Crippen molar-refractivity contribution in [1.82, 2.24) is 15.1 Å². The molecule has 0 aliphatic carbocycles. The van der Waals surface area contributed by atoms with Crippen LogP contribution in [0.25, 0.3) is 11.0 Å². The molecule has 0 unspecified atom stereocenters. The Kier molecular flexibility index (Phi) is 8.33. The lowest BCUT2D eigenvalue weighted by molar-refractivity contribution is -0.140. The number of benzene rings is 1. The number of fused-ring (bicyclic) bond motifs is 1. The third-order valence-electron chi connectivity index (χ3n) is 6.63. The molecule has 2 amide bonds. The topological polar surface area (TPSA) is 128 Å². The fourth-order valence-corrected chi connectivity index (χ4v) is 4.78. The van der Waals surface area contributed by atoms with Gasteiger partial charge in [-0.3, -0.25) is 9.59 Å². The highest BCUT2D eigenvalue weighted by Crippen LogP contribution is 2.24. The number of nitrogens with one attached hydrogen (secondary N) is 2. The van der Waals surface area contributed by atoms with Crippen LogP contribution in [0.4, 0.5) is 5.69 Å². The Morgan fingerprint density at radius 1 is 1.16 bits per heavy atom. The van der Waals surface area contributed by atoms with E-state index in [0.717, 1.165) is 49.9 Å². The number of nitrogens with zero attached hydrogens (tertiary/aromatic N) is 3. The van der Waals surface area contributed by atoms with Gasteiger partial charge in [-0.15, -0.1) is 0 Å². The minimum absolute atomic E-state index is 0.0307. The van der Waals surface area contributed by atoms with Crippen LogP contribution in [0.15, 0.2) is 40.1 Å². The van der Waals surface area contributed by atoms with E-state index in [4.69, 9.17) is 9.15 Å². The molecule has 196 valence electrons. The van der Waals surface area contributed by atoms with Crippen molar-refractivity contribution in [3.8, 4) is 6.07 Å². The van der Waals surface area contributed by atoms with Gasteiger partial charge in [-0.2, -0.15) is 5.26 Å². The van der Waals surface area contributed by atoms with Crippen molar-refractivity contribution in [3.63, 3.8) is 0 Å². The van der Waals surface area contributed by atoms with E-state index in [1.165, 1.54) is 0 Å². The van der Waals surface area contributed by atoms with Gasteiger partial charge in [0.25, 0.3) is 0 Å². The van der Waals surface area contributed by atoms with E-state index in [1.54, 1.807) is 28.9 Å². The van der Waals surface area contributed by atoms with Gasteiger partial charge in [-0.1, -0.05) is 0 Å². The van der Waals surface area contributed by atoms with Crippen molar-refractivity contribution >= 4 is 34.4 Å². The lowest BCUT2D eigenvalue weighted by atomic mass is 10.1. The predicted octanol–water partition coefficient (Wildman–Crippen LogP) is 3.04. The second-order valence-corrected chi connectivity index (χ2v) is 9.36. The second kappa shape index (κ2) is 11.8. The number of furan rings is 1. The molecule has 2 fully saturated rings. The molecule has 0 radical (unpaired) electrons. The number of aryl methyl sites for hydroxylation is 1. The second-order valence-electron chi connectivity index (χ2n) is 9.36. The van der Waals surface area contributed by atoms with Crippen LogP contribution in [0.2, 0.25) is 0 Å². The van der Waals surface area contributed by atoms with Crippen LogP contribution in [-0.4, -0.2) is 66.4 Å². The van der Waals surface area contributed by atoms with Crippen LogP contribution in [0.5, 0.6) is 0 Å². The van der Waals surface area contributed by atoms with Gasteiger partial charge in [0, 0.05) is 30.7 Å². The first kappa shape index (κ1) is 26.1. The summed E-state index contributed by atoms with van der Waals surface area (Å²) in [5, 5.41) is 16.9. The zero-order valence-corrected chi connectivity index (χ0v) is 21.3. The van der Waals surface area contributed by atoms with E-state index >= 15 is 0 Å². The number of carbonyl (C=O) groups excluding carboxylic acids is 3. The molecule has 4 rings (SSSR count). The normalized spacial score (nSPS) is 18.7. The predicted molar refractivity (Wildman–Crippen MR) is 137 cm³/mol. The zero-order chi connectivity index (χ0) is 26.4. The largest absolute Gasteiger partial charge is 0.462 e. The third-order valence-corrected chi connectivity index (χ3v) is 6.63. The van der Waals surface area contributed by atoms with Gasteiger partial charge in [0.2, 0.25) is 11.8 Å². The summed E-state index contributed by atoms with van der Waals surface area (Å²) >= 11 is 0. The molecule has 3 heterocycles. The maximum Gasteiger partial charge on any atom is 0.352 e. The lowest BCUT2D eigenvalue weighted by Gasteiger charge is -2.28. The number of rotatable bonds is 8. The van der Waals surface area contributed by atoms with Crippen LogP contribution in [0.1, 0.15) is 44.8 Å². The van der Waals surface area contributed by atoms with E-state index in [-0.39, 0.29) is 36.4 Å². The van der Waals surface area contributed by atoms with Gasteiger partial charge in [-0.05, 0) is 70.2 Å². The molecule has 0 saturated carbocycles. The summed E-state index contributed by atoms with van der Waals surface area (Å²) in [4.78, 5) is 42.3. The molecule has 2 aliphatic rings. The molecule has 1 aromatic heterocycles. The van der Waals surface area contributed by atoms with E-state index in [2.05, 4.69) is 10.6 Å². The van der Waals surface area contributed by atoms with Crippen molar-refractivity contribution < 1.29 is 23.5 Å². The number of likely N-dealkylation sites (tertiary alicyclic amines) is 2. The summed E-state index contributed by atoms with van der Waals surface area (Å²) in [6.45, 7) is 5.59. The van der Waals surface area contributed by atoms with Gasteiger partial charge in [0.1, 0.15) is 29.3 Å². The molecule has 1 aromatic carbocycles. The van der Waals surface area contributed by atoms with Gasteiger partial charge in [-0.25, -0.2) is 4.79 Å². The third kappa shape index (κ3) is 6.23. The van der Waals surface area contributed by atoms with Crippen molar-refractivity contribution in [2.45, 2.75) is 52.0 Å². The fourth-order valence-electron chi connectivity index (χ4n) is 4.78. The van der Waals surface area contributed by atoms with E-state index in [1.807, 2.05) is 25.1 Å². The van der Waals surface area contributed by atoms with E-state index in [0.29, 0.717) is 24.2 Å². The Balaban J connectivity index is 1.59. The van der Waals surface area contributed by atoms with Crippen LogP contribution >= 0.6 is 0 Å². The Hall–Kier alpha value is -4.00. The summed E-state index contributed by atoms with van der Waals surface area (Å²) in [6.07, 6.45) is 3.99. The molecular formula is C27H33N5O5. The molecule has 0 bridgehead atoms. The molecule has 1 atom stereocenters. The lowest BCUT2D eigenvalue weighted by Crippen LogP contribution is -2.49. The summed E-state index contributed by atoms with van der Waals surface area (Å²) < 4.78 is 10.7. The maximum atomic E-state index is 13.5. The first-order valence-corrected chi connectivity index (χ1v) is 12.8. The molecule has 2 aliphatic heterocycles. The Morgan fingerprint density at radius 2 is 1.92 bits per heavy atom. The molecular weight excluding hydrogens is 474 g/mol. The number of ether oxygens (including phenoxy) is 1. The Morgan fingerprint density at radius 3 is 2.65 bits per heavy atom. The Bertz CT molecular complexity index is 1240. The fraction of sp³-hybridized carbons (Fsp3) is 0.481. The van der Waals surface area contributed by atoms with Crippen LogP contribution < -0.4 is 10.6 Å². The molecule has 2 aromatic rings. The van der Waals surface area contributed by atoms with Gasteiger partial charge in [0.15, 0.2) is 5.57 Å². The highest BCUT2D eigenvalue weighted by Gasteiger charge is 2.31. The van der Waals surface area contributed by atoms with Crippen molar-refractivity contribution in [3.05, 3.63) is 41.4 Å². The average molecular weight is 508 g/mol. The zero-order valence-electron chi connectivity index (χ0n) is 21.3. The summed E-state index contributed by atoms with van der Waals surface area (Å²) in [5.74, 6) is -0.216. The Labute approximate surface area is 216 Å². The van der Waals surface area contributed by atoms with Crippen molar-refractivity contribution in [1.29, 1.82) is 5.26 Å². The number of nitriles is 1.